The van der Waals surface area contributed by atoms with Crippen LogP contribution in [0.15, 0.2) is 18.2 Å². The van der Waals surface area contributed by atoms with Crippen LogP contribution in [0, 0.1) is 0 Å². The molecular formula is C13H15Cl2N3OS. The molecule has 0 aliphatic rings. The molecule has 4 nitrogen and oxygen atoms in total. The standard InChI is InChI=1S/C13H15Cl2N3OS/c1-18(2)13-17-12(19-3)11(20-13)7-16-10-5-4-8(14)6-9(10)15/h4-6,16H,7H2,1-3H3. The van der Waals surface area contributed by atoms with Gasteiger partial charge in [-0.3, -0.25) is 0 Å². The predicted octanol–water partition coefficient (Wildman–Crippen LogP) is 4.14. The number of aromatic nitrogens is 1. The number of nitrogens with zero attached hydrogens (tertiary/aromatic N) is 2. The Labute approximate surface area is 132 Å². The van der Waals surface area contributed by atoms with Gasteiger partial charge in [0.05, 0.1) is 29.2 Å². The lowest BCUT2D eigenvalue weighted by Gasteiger charge is -2.08. The number of benzene rings is 1. The topological polar surface area (TPSA) is 37.4 Å². The van der Waals surface area contributed by atoms with Crippen LogP contribution >= 0.6 is 34.5 Å². The quantitative estimate of drug-likeness (QED) is 0.893. The number of hydrogen-bond donors (Lipinski definition) is 1. The van der Waals surface area contributed by atoms with Gasteiger partial charge >= 0.3 is 0 Å². The summed E-state index contributed by atoms with van der Waals surface area (Å²) in [5.41, 5.74) is 0.831. The second-order valence-electron chi connectivity index (χ2n) is 4.30. The van der Waals surface area contributed by atoms with Gasteiger partial charge in [0.15, 0.2) is 5.13 Å². The molecule has 0 atom stereocenters. The van der Waals surface area contributed by atoms with Gasteiger partial charge in [-0.15, -0.1) is 0 Å². The molecule has 7 heteroatoms. The van der Waals surface area contributed by atoms with Crippen molar-refractivity contribution >= 4 is 45.4 Å². The van der Waals surface area contributed by atoms with E-state index in [1.165, 1.54) is 0 Å². The Bertz CT molecular complexity index is 601. The maximum atomic E-state index is 6.13. The first-order chi connectivity index (χ1) is 9.51. The summed E-state index contributed by atoms with van der Waals surface area (Å²) in [5.74, 6) is 0.635. The molecule has 0 unspecified atom stereocenters. The van der Waals surface area contributed by atoms with Crippen molar-refractivity contribution < 1.29 is 4.74 Å². The largest absolute Gasteiger partial charge is 0.480 e. The lowest BCUT2D eigenvalue weighted by atomic mass is 10.3. The number of anilines is 2. The summed E-state index contributed by atoms with van der Waals surface area (Å²) in [4.78, 5) is 7.37. The van der Waals surface area contributed by atoms with Crippen LogP contribution in [-0.4, -0.2) is 26.2 Å². The van der Waals surface area contributed by atoms with Crippen molar-refractivity contribution in [1.82, 2.24) is 4.98 Å². The summed E-state index contributed by atoms with van der Waals surface area (Å²) >= 11 is 13.6. The van der Waals surface area contributed by atoms with Crippen molar-refractivity contribution in [1.29, 1.82) is 0 Å². The van der Waals surface area contributed by atoms with Gasteiger partial charge in [0.1, 0.15) is 0 Å². The maximum Gasteiger partial charge on any atom is 0.231 e. The number of halogens is 2. The first kappa shape index (κ1) is 15.2. The smallest absolute Gasteiger partial charge is 0.231 e. The van der Waals surface area contributed by atoms with Crippen molar-refractivity contribution in [2.75, 3.05) is 31.4 Å². The van der Waals surface area contributed by atoms with Gasteiger partial charge in [-0.2, -0.15) is 4.98 Å². The molecule has 0 bridgehead atoms. The number of methoxy groups -OCH3 is 1. The lowest BCUT2D eigenvalue weighted by molar-refractivity contribution is 0.397. The van der Waals surface area contributed by atoms with Gasteiger partial charge in [0.2, 0.25) is 5.88 Å². The number of ether oxygens (including phenoxy) is 1. The van der Waals surface area contributed by atoms with Crippen LogP contribution < -0.4 is 15.0 Å². The van der Waals surface area contributed by atoms with Crippen molar-refractivity contribution in [2.24, 2.45) is 0 Å². The molecule has 108 valence electrons. The molecule has 0 amide bonds. The monoisotopic (exact) mass is 331 g/mol. The van der Waals surface area contributed by atoms with Crippen molar-refractivity contribution in [3.63, 3.8) is 0 Å². The second-order valence-corrected chi connectivity index (χ2v) is 6.21. The van der Waals surface area contributed by atoms with Crippen LogP contribution in [0.25, 0.3) is 0 Å². The average molecular weight is 332 g/mol. The van der Waals surface area contributed by atoms with Crippen LogP contribution in [0.4, 0.5) is 10.8 Å². The first-order valence-corrected chi connectivity index (χ1v) is 7.48. The van der Waals surface area contributed by atoms with E-state index in [1.807, 2.05) is 25.1 Å². The molecule has 0 spiro atoms. The van der Waals surface area contributed by atoms with E-state index in [0.717, 1.165) is 15.7 Å². The Morgan fingerprint density at radius 1 is 1.35 bits per heavy atom. The maximum absolute atomic E-state index is 6.13. The van der Waals surface area contributed by atoms with E-state index in [4.69, 9.17) is 27.9 Å². The molecule has 0 saturated heterocycles. The molecule has 0 radical (unpaired) electrons. The van der Waals surface area contributed by atoms with Crippen LogP contribution in [0.3, 0.4) is 0 Å². The molecule has 1 aromatic carbocycles. The van der Waals surface area contributed by atoms with Crippen LogP contribution in [0.5, 0.6) is 5.88 Å². The number of thiazole rings is 1. The molecule has 1 aromatic heterocycles. The zero-order valence-corrected chi connectivity index (χ0v) is 13.7. The summed E-state index contributed by atoms with van der Waals surface area (Å²) in [6, 6.07) is 5.36. The van der Waals surface area contributed by atoms with Crippen molar-refractivity contribution in [3.05, 3.63) is 33.1 Å². The van der Waals surface area contributed by atoms with E-state index in [1.54, 1.807) is 30.6 Å². The van der Waals surface area contributed by atoms with E-state index in [2.05, 4.69) is 10.3 Å². The summed E-state index contributed by atoms with van der Waals surface area (Å²) in [7, 11) is 5.52. The van der Waals surface area contributed by atoms with E-state index in [-0.39, 0.29) is 0 Å². The molecule has 0 aliphatic heterocycles. The second kappa shape index (κ2) is 6.52. The molecular weight excluding hydrogens is 317 g/mol. The lowest BCUT2D eigenvalue weighted by Crippen LogP contribution is -2.07. The van der Waals surface area contributed by atoms with Crippen LogP contribution in [-0.2, 0) is 6.54 Å². The van der Waals surface area contributed by atoms with Crippen LogP contribution in [0.1, 0.15) is 4.88 Å². The Hall–Kier alpha value is -1.17. The highest BCUT2D eigenvalue weighted by Crippen LogP contribution is 2.32. The van der Waals surface area contributed by atoms with E-state index in [0.29, 0.717) is 22.5 Å². The molecule has 0 aliphatic carbocycles. The fourth-order valence-corrected chi connectivity index (χ4v) is 2.96. The zero-order valence-electron chi connectivity index (χ0n) is 11.4. The van der Waals surface area contributed by atoms with Gasteiger partial charge in [0, 0.05) is 19.1 Å². The Morgan fingerprint density at radius 3 is 2.70 bits per heavy atom. The minimum atomic E-state index is 0.591. The molecule has 0 fully saturated rings. The molecule has 1 N–H and O–H groups in total. The minimum Gasteiger partial charge on any atom is -0.480 e. The van der Waals surface area contributed by atoms with Gasteiger partial charge < -0.3 is 15.0 Å². The number of rotatable bonds is 5. The highest BCUT2D eigenvalue weighted by molar-refractivity contribution is 7.15. The molecule has 0 saturated carbocycles. The van der Waals surface area contributed by atoms with Crippen LogP contribution in [0.2, 0.25) is 10.0 Å². The highest BCUT2D eigenvalue weighted by Gasteiger charge is 2.13. The number of nitrogens with one attached hydrogen (secondary N) is 1. The summed E-state index contributed by atoms with van der Waals surface area (Å²) in [6.07, 6.45) is 0. The summed E-state index contributed by atoms with van der Waals surface area (Å²) in [5, 5.41) is 5.38. The van der Waals surface area contributed by atoms with Crippen molar-refractivity contribution in [2.45, 2.75) is 6.54 Å². The van der Waals surface area contributed by atoms with Gasteiger partial charge in [-0.05, 0) is 18.2 Å². The average Bonchev–Trinajstić information content (AvgIpc) is 2.81. The molecule has 1 heterocycles. The van der Waals surface area contributed by atoms with E-state index < -0.39 is 0 Å². The fraction of sp³-hybridized carbons (Fsp3) is 0.308. The molecule has 2 rings (SSSR count). The van der Waals surface area contributed by atoms with Gasteiger partial charge in [-0.1, -0.05) is 34.5 Å². The number of hydrogen-bond acceptors (Lipinski definition) is 5. The predicted molar refractivity (Wildman–Crippen MR) is 86.8 cm³/mol. The molecule has 2 aromatic rings. The summed E-state index contributed by atoms with van der Waals surface area (Å²) in [6.45, 7) is 0.593. The van der Waals surface area contributed by atoms with E-state index in [9.17, 15) is 0 Å². The van der Waals surface area contributed by atoms with Gasteiger partial charge in [-0.25, -0.2) is 0 Å². The van der Waals surface area contributed by atoms with Gasteiger partial charge in [0.25, 0.3) is 0 Å². The fourth-order valence-electron chi connectivity index (χ4n) is 1.60. The zero-order chi connectivity index (χ0) is 14.7. The summed E-state index contributed by atoms with van der Waals surface area (Å²) < 4.78 is 5.29. The Kier molecular flexibility index (Phi) is 4.96. The Balaban J connectivity index is 2.14. The Morgan fingerprint density at radius 2 is 2.10 bits per heavy atom. The normalized spacial score (nSPS) is 10.4. The minimum absolute atomic E-state index is 0.591. The highest BCUT2D eigenvalue weighted by atomic mass is 35.5. The third kappa shape index (κ3) is 3.48. The van der Waals surface area contributed by atoms with E-state index >= 15 is 0 Å². The first-order valence-electron chi connectivity index (χ1n) is 5.91. The molecule has 20 heavy (non-hydrogen) atoms. The third-order valence-electron chi connectivity index (χ3n) is 2.60. The van der Waals surface area contributed by atoms with Crippen molar-refractivity contribution in [3.8, 4) is 5.88 Å². The third-order valence-corrected chi connectivity index (χ3v) is 4.35. The SMILES string of the molecule is COc1nc(N(C)C)sc1CNc1ccc(Cl)cc1Cl.